The molecule has 2 atom stereocenters. The number of hydrogen-bond donors (Lipinski definition) is 2. The van der Waals surface area contributed by atoms with Gasteiger partial charge in [-0.15, -0.1) is 0 Å². The van der Waals surface area contributed by atoms with Crippen LogP contribution in [-0.4, -0.2) is 24.2 Å². The zero-order valence-corrected chi connectivity index (χ0v) is 4.02. The fourth-order valence-corrected chi connectivity index (χ4v) is 0.541. The van der Waals surface area contributed by atoms with Crippen LogP contribution in [0.1, 0.15) is 17.0 Å². The lowest BCUT2D eigenvalue weighted by Crippen LogP contribution is -2.33. The minimum atomic E-state index is -1.77. The molecule has 2 unspecified atom stereocenters. The van der Waals surface area contributed by atoms with Gasteiger partial charge in [-0.3, -0.25) is 0 Å². The van der Waals surface area contributed by atoms with E-state index < -0.39 is 19.1 Å². The Morgan fingerprint density at radius 3 is 3.29 bits per heavy atom. The largest absolute Gasteiger partial charge is 0.392 e. The van der Waals surface area contributed by atoms with Crippen LogP contribution in [-0.2, 0) is 0 Å². The maximum atomic E-state index is 9.03. The minimum absolute atomic E-state index is 0.369. The van der Waals surface area contributed by atoms with Crippen molar-refractivity contribution in [3.63, 3.8) is 0 Å². The third-order valence-corrected chi connectivity index (χ3v) is 0.936. The van der Waals surface area contributed by atoms with Gasteiger partial charge in [-0.1, -0.05) is 0 Å². The summed E-state index contributed by atoms with van der Waals surface area (Å²) in [4.78, 5) is 0. The molecule has 0 aromatic heterocycles. The first kappa shape index (κ1) is 2.46. The Labute approximate surface area is 47.8 Å². The van der Waals surface area contributed by atoms with Crippen LogP contribution in [0, 0.1) is 0 Å². The average molecular weight is 104 g/mol. The van der Waals surface area contributed by atoms with Gasteiger partial charge in [0.2, 0.25) is 0 Å². The van der Waals surface area contributed by atoms with Crippen molar-refractivity contribution in [1.29, 1.82) is 0 Å². The molecule has 1 heterocycles. The van der Waals surface area contributed by atoms with E-state index in [1.54, 1.807) is 0 Å². The summed E-state index contributed by atoms with van der Waals surface area (Å²) in [5, 5.41) is 11.4. The Morgan fingerprint density at radius 1 is 1.86 bits per heavy atom. The van der Waals surface area contributed by atoms with E-state index in [1.807, 2.05) is 0 Å². The van der Waals surface area contributed by atoms with Crippen molar-refractivity contribution in [1.82, 2.24) is 5.32 Å². The topological polar surface area (TPSA) is 32.3 Å². The summed E-state index contributed by atoms with van der Waals surface area (Å²) in [5.41, 5.74) is 0. The molecule has 0 spiro atoms. The third-order valence-electron chi connectivity index (χ3n) is 0.936. The Hall–Kier alpha value is -0.0800. The molecule has 0 bridgehead atoms. The monoisotopic (exact) mass is 104 g/mol. The maximum absolute atomic E-state index is 9.03. The van der Waals surface area contributed by atoms with Gasteiger partial charge in [0.15, 0.2) is 0 Å². The van der Waals surface area contributed by atoms with E-state index in [0.717, 1.165) is 0 Å². The van der Waals surface area contributed by atoms with Crippen molar-refractivity contribution in [2.75, 3.05) is 13.0 Å². The molecule has 2 N–H and O–H groups in total. The molecule has 2 heteroatoms. The second kappa shape index (κ2) is 2.28. The Kier molecular flexibility index (Phi) is 0.804. The van der Waals surface area contributed by atoms with E-state index in [9.17, 15) is 0 Å². The molecule has 0 amide bonds. The highest BCUT2D eigenvalue weighted by Gasteiger charge is 2.06. The van der Waals surface area contributed by atoms with Crippen LogP contribution in [0.5, 0.6) is 0 Å². The van der Waals surface area contributed by atoms with Gasteiger partial charge in [-0.25, -0.2) is 0 Å². The van der Waals surface area contributed by atoms with Crippen LogP contribution in [0.25, 0.3) is 0 Å². The first-order chi connectivity index (χ1) is 4.52. The van der Waals surface area contributed by atoms with Crippen LogP contribution >= 0.6 is 0 Å². The molecule has 0 aromatic carbocycles. The molecule has 1 fully saturated rings. The molecule has 1 rings (SSSR count). The zero-order chi connectivity index (χ0) is 7.78. The summed E-state index contributed by atoms with van der Waals surface area (Å²) in [5.74, 6) is 0. The average Bonchev–Trinajstić information content (AvgIpc) is 1.78. The lowest BCUT2D eigenvalue weighted by molar-refractivity contribution is 0.142. The molecule has 0 saturated carbocycles. The molecule has 1 aliphatic rings. The molecule has 42 valence electrons. The number of piperidine rings is 1. The van der Waals surface area contributed by atoms with E-state index in [0.29, 0.717) is 12.8 Å². The lowest BCUT2D eigenvalue weighted by atomic mass is 10.1. The number of β-amino-alcohol motifs (C(OH)–C–C–N with tert-alkyl or cyclic N) is 1. The van der Waals surface area contributed by atoms with E-state index in [2.05, 4.69) is 5.32 Å². The first-order valence-corrected chi connectivity index (χ1v) is 2.40. The predicted octanol–water partition coefficient (Wildman–Crippen LogP) is -0.269. The van der Waals surface area contributed by atoms with Gasteiger partial charge in [-0.05, 0) is 19.4 Å². The van der Waals surface area contributed by atoms with Crippen LogP contribution in [0.15, 0.2) is 0 Å². The predicted molar refractivity (Wildman–Crippen MR) is 28.1 cm³/mol. The summed E-state index contributed by atoms with van der Waals surface area (Å²) in [6.07, 6.45) is -0.0800. The van der Waals surface area contributed by atoms with E-state index in [-0.39, 0.29) is 0 Å². The smallest absolute Gasteiger partial charge is 0.0665 e. The van der Waals surface area contributed by atoms with Crippen molar-refractivity contribution < 1.29 is 9.22 Å². The molecule has 1 aliphatic heterocycles. The fraction of sp³-hybridized carbons (Fsp3) is 1.00. The molecule has 2 nitrogen and oxygen atoms in total. The molecular weight excluding hydrogens is 90.1 g/mol. The third kappa shape index (κ3) is 1.45. The normalized spacial score (nSPS) is 57.0. The number of nitrogens with one attached hydrogen (secondary N) is 1. The SMILES string of the molecule is [2H]C1CCC(O)C([2H])([2H])N1. The van der Waals surface area contributed by atoms with Crippen LogP contribution in [0.3, 0.4) is 0 Å². The fourth-order valence-electron chi connectivity index (χ4n) is 0.541. The summed E-state index contributed by atoms with van der Waals surface area (Å²) >= 11 is 0. The molecule has 0 radical (unpaired) electrons. The quantitative estimate of drug-likeness (QED) is 0.443. The standard InChI is InChI=1S/C5H11NO/c7-5-2-1-3-6-4-5/h5-7H,1-4H2/i3D,4D2. The minimum Gasteiger partial charge on any atom is -0.392 e. The summed E-state index contributed by atoms with van der Waals surface area (Å²) < 4.78 is 21.5. The summed E-state index contributed by atoms with van der Waals surface area (Å²) in [7, 11) is 0. The van der Waals surface area contributed by atoms with Gasteiger partial charge in [0.25, 0.3) is 0 Å². The second-order valence-corrected chi connectivity index (χ2v) is 1.59. The lowest BCUT2D eigenvalue weighted by Gasteiger charge is -2.16. The first-order valence-electron chi connectivity index (χ1n) is 3.98. The molecule has 1 saturated heterocycles. The van der Waals surface area contributed by atoms with Crippen LogP contribution < -0.4 is 5.32 Å². The highest BCUT2D eigenvalue weighted by atomic mass is 16.3. The number of rotatable bonds is 0. The second-order valence-electron chi connectivity index (χ2n) is 1.59. The van der Waals surface area contributed by atoms with Crippen LogP contribution in [0.2, 0.25) is 0 Å². The summed E-state index contributed by atoms with van der Waals surface area (Å²) in [6, 6.07) is 0. The Morgan fingerprint density at radius 2 is 2.71 bits per heavy atom. The van der Waals surface area contributed by atoms with Crippen LogP contribution in [0.4, 0.5) is 0 Å². The number of aliphatic hydroxyl groups is 1. The van der Waals surface area contributed by atoms with Gasteiger partial charge in [0.1, 0.15) is 0 Å². The maximum Gasteiger partial charge on any atom is 0.0665 e. The summed E-state index contributed by atoms with van der Waals surface area (Å²) in [6.45, 7) is -2.34. The number of hydrogen-bond acceptors (Lipinski definition) is 2. The van der Waals surface area contributed by atoms with E-state index in [4.69, 9.17) is 9.22 Å². The van der Waals surface area contributed by atoms with E-state index in [1.165, 1.54) is 0 Å². The van der Waals surface area contributed by atoms with Gasteiger partial charge in [-0.2, -0.15) is 0 Å². The van der Waals surface area contributed by atoms with Crippen molar-refractivity contribution in [2.45, 2.75) is 18.9 Å². The molecule has 0 aromatic rings. The molecular formula is C5H11NO. The van der Waals surface area contributed by atoms with Crippen molar-refractivity contribution >= 4 is 0 Å². The molecule has 7 heavy (non-hydrogen) atoms. The van der Waals surface area contributed by atoms with Crippen molar-refractivity contribution in [3.8, 4) is 0 Å². The van der Waals surface area contributed by atoms with Gasteiger partial charge >= 0.3 is 0 Å². The zero-order valence-electron chi connectivity index (χ0n) is 7.02. The van der Waals surface area contributed by atoms with Gasteiger partial charge < -0.3 is 10.4 Å². The Balaban J connectivity index is 2.55. The van der Waals surface area contributed by atoms with Gasteiger partial charge in [0, 0.05) is 10.6 Å². The van der Waals surface area contributed by atoms with Gasteiger partial charge in [0.05, 0.1) is 6.10 Å². The van der Waals surface area contributed by atoms with Crippen molar-refractivity contribution in [2.24, 2.45) is 0 Å². The number of aliphatic hydroxyl groups excluding tert-OH is 1. The Bertz CT molecular complexity index is 130. The highest BCUT2D eigenvalue weighted by molar-refractivity contribution is 4.65. The van der Waals surface area contributed by atoms with Crippen molar-refractivity contribution in [3.05, 3.63) is 0 Å². The highest BCUT2D eigenvalue weighted by Crippen LogP contribution is 1.98. The molecule has 0 aliphatic carbocycles. The van der Waals surface area contributed by atoms with E-state index >= 15 is 0 Å².